The fourth-order valence-corrected chi connectivity index (χ4v) is 3.62. The summed E-state index contributed by atoms with van der Waals surface area (Å²) in [5, 5.41) is 20.9. The van der Waals surface area contributed by atoms with Gasteiger partial charge in [0.25, 0.3) is 5.91 Å². The van der Waals surface area contributed by atoms with Gasteiger partial charge in [-0.3, -0.25) is 9.89 Å². The Bertz CT molecular complexity index is 997. The topological polar surface area (TPSA) is 103 Å². The molecule has 1 aromatic carbocycles. The zero-order valence-corrected chi connectivity index (χ0v) is 15.9. The van der Waals surface area contributed by atoms with E-state index in [1.165, 1.54) is 0 Å². The summed E-state index contributed by atoms with van der Waals surface area (Å²) in [6.07, 6.45) is 0. The Balaban J connectivity index is 1.75. The minimum Gasteiger partial charge on any atom is -0.508 e. The SMILES string of the molecule is COC[C@H]1CN(C(=O)c2cc(-c3ccc(O)cc3)nc3n[nH]c(C)c23)CCN1. The van der Waals surface area contributed by atoms with Crippen LogP contribution in [-0.4, -0.2) is 70.5 Å². The van der Waals surface area contributed by atoms with E-state index in [1.807, 2.05) is 17.9 Å². The molecule has 1 atom stereocenters. The summed E-state index contributed by atoms with van der Waals surface area (Å²) in [7, 11) is 1.66. The van der Waals surface area contributed by atoms with Crippen molar-refractivity contribution in [3.8, 4) is 17.0 Å². The number of aryl methyl sites for hydroxylation is 1. The predicted octanol–water partition coefficient (Wildman–Crippen LogP) is 1.70. The number of H-pyrrole nitrogens is 1. The molecule has 1 aliphatic heterocycles. The van der Waals surface area contributed by atoms with Gasteiger partial charge in [0.1, 0.15) is 5.75 Å². The van der Waals surface area contributed by atoms with Crippen LogP contribution in [0.3, 0.4) is 0 Å². The third kappa shape index (κ3) is 3.44. The number of phenols is 1. The van der Waals surface area contributed by atoms with E-state index in [2.05, 4.69) is 20.5 Å². The first-order valence-corrected chi connectivity index (χ1v) is 9.23. The number of nitrogens with zero attached hydrogens (tertiary/aromatic N) is 3. The smallest absolute Gasteiger partial charge is 0.254 e. The monoisotopic (exact) mass is 381 g/mol. The first-order valence-electron chi connectivity index (χ1n) is 9.23. The highest BCUT2D eigenvalue weighted by atomic mass is 16.5. The molecule has 0 spiro atoms. The van der Waals surface area contributed by atoms with Gasteiger partial charge in [-0.25, -0.2) is 4.98 Å². The third-order valence-electron chi connectivity index (χ3n) is 5.01. The Morgan fingerprint density at radius 2 is 2.14 bits per heavy atom. The van der Waals surface area contributed by atoms with E-state index < -0.39 is 0 Å². The highest BCUT2D eigenvalue weighted by molar-refractivity contribution is 6.07. The number of piperazine rings is 1. The molecule has 146 valence electrons. The van der Waals surface area contributed by atoms with Crippen LogP contribution in [0.15, 0.2) is 30.3 Å². The lowest BCUT2D eigenvalue weighted by molar-refractivity contribution is 0.0644. The maximum Gasteiger partial charge on any atom is 0.254 e. The number of rotatable bonds is 4. The molecule has 1 fully saturated rings. The number of fused-ring (bicyclic) bond motifs is 1. The molecule has 2 aromatic heterocycles. The van der Waals surface area contributed by atoms with Gasteiger partial charge in [-0.15, -0.1) is 0 Å². The van der Waals surface area contributed by atoms with E-state index in [4.69, 9.17) is 4.74 Å². The maximum absolute atomic E-state index is 13.4. The molecule has 1 saturated heterocycles. The molecule has 0 bridgehead atoms. The largest absolute Gasteiger partial charge is 0.508 e. The van der Waals surface area contributed by atoms with E-state index in [9.17, 15) is 9.90 Å². The van der Waals surface area contributed by atoms with Crippen molar-refractivity contribution in [1.82, 2.24) is 25.4 Å². The standard InChI is InChI=1S/C20H23N5O3/c1-12-18-16(20(27)25-8-7-21-14(10-25)11-28-2)9-17(22-19(18)24-23-12)13-3-5-15(26)6-4-13/h3-6,9,14,21,26H,7-8,10-11H2,1-2H3,(H,22,23,24)/t14-/m1/s1. The first kappa shape index (κ1) is 18.4. The van der Waals surface area contributed by atoms with Gasteiger partial charge in [-0.1, -0.05) is 0 Å². The van der Waals surface area contributed by atoms with Crippen molar-refractivity contribution in [2.45, 2.75) is 13.0 Å². The quantitative estimate of drug-likeness (QED) is 0.636. The number of phenolic OH excluding ortho intramolecular Hbond substituents is 1. The molecule has 0 radical (unpaired) electrons. The van der Waals surface area contributed by atoms with E-state index >= 15 is 0 Å². The molecule has 3 N–H and O–H groups in total. The number of aromatic hydroxyl groups is 1. The molecular weight excluding hydrogens is 358 g/mol. The molecule has 0 aliphatic carbocycles. The van der Waals surface area contributed by atoms with Gasteiger partial charge >= 0.3 is 0 Å². The van der Waals surface area contributed by atoms with Gasteiger partial charge in [0, 0.05) is 44.0 Å². The van der Waals surface area contributed by atoms with Crippen LogP contribution >= 0.6 is 0 Å². The zero-order valence-electron chi connectivity index (χ0n) is 15.9. The molecule has 28 heavy (non-hydrogen) atoms. The van der Waals surface area contributed by atoms with Crippen LogP contribution in [-0.2, 0) is 4.74 Å². The Hall–Kier alpha value is -2.97. The number of hydrogen-bond acceptors (Lipinski definition) is 6. The Labute approximate surface area is 162 Å². The van der Waals surface area contributed by atoms with Crippen LogP contribution in [0.25, 0.3) is 22.3 Å². The van der Waals surface area contributed by atoms with Crippen molar-refractivity contribution in [1.29, 1.82) is 0 Å². The molecule has 8 nitrogen and oxygen atoms in total. The lowest BCUT2D eigenvalue weighted by atomic mass is 10.0. The Kier molecular flexibility index (Phi) is 4.97. The summed E-state index contributed by atoms with van der Waals surface area (Å²) in [5.74, 6) is 0.140. The number of aromatic nitrogens is 3. The summed E-state index contributed by atoms with van der Waals surface area (Å²) in [4.78, 5) is 19.8. The highest BCUT2D eigenvalue weighted by Gasteiger charge is 2.27. The van der Waals surface area contributed by atoms with Crippen molar-refractivity contribution in [3.05, 3.63) is 41.6 Å². The van der Waals surface area contributed by atoms with Crippen LogP contribution in [0, 0.1) is 6.92 Å². The number of hydrogen-bond donors (Lipinski definition) is 3. The second kappa shape index (κ2) is 7.57. The minimum atomic E-state index is -0.0421. The molecule has 8 heteroatoms. The number of pyridine rings is 1. The first-order chi connectivity index (χ1) is 13.6. The lowest BCUT2D eigenvalue weighted by Crippen LogP contribution is -2.54. The van der Waals surface area contributed by atoms with Crippen LogP contribution in [0.1, 0.15) is 16.1 Å². The number of aromatic amines is 1. The fraction of sp³-hybridized carbons (Fsp3) is 0.350. The fourth-order valence-electron chi connectivity index (χ4n) is 3.62. The molecule has 3 heterocycles. The Morgan fingerprint density at radius 3 is 2.89 bits per heavy atom. The second-order valence-electron chi connectivity index (χ2n) is 7.01. The average Bonchev–Trinajstić information content (AvgIpc) is 3.09. The number of amides is 1. The predicted molar refractivity (Wildman–Crippen MR) is 105 cm³/mol. The summed E-state index contributed by atoms with van der Waals surface area (Å²) >= 11 is 0. The summed E-state index contributed by atoms with van der Waals surface area (Å²) in [6.45, 7) is 4.39. The number of carbonyl (C=O) groups excluding carboxylic acids is 1. The molecular formula is C20H23N5O3. The van der Waals surface area contributed by atoms with E-state index in [-0.39, 0.29) is 17.7 Å². The normalized spacial score (nSPS) is 17.2. The zero-order chi connectivity index (χ0) is 19.7. The van der Waals surface area contributed by atoms with E-state index in [0.717, 1.165) is 23.2 Å². The molecule has 0 unspecified atom stereocenters. The van der Waals surface area contributed by atoms with Crippen LogP contribution in [0.4, 0.5) is 0 Å². The van der Waals surface area contributed by atoms with Crippen molar-refractivity contribution < 1.29 is 14.6 Å². The van der Waals surface area contributed by atoms with Crippen LogP contribution in [0.2, 0.25) is 0 Å². The number of carbonyl (C=O) groups is 1. The third-order valence-corrected chi connectivity index (χ3v) is 5.01. The van der Waals surface area contributed by atoms with Crippen LogP contribution < -0.4 is 5.32 Å². The number of ether oxygens (including phenoxy) is 1. The second-order valence-corrected chi connectivity index (χ2v) is 7.01. The van der Waals surface area contributed by atoms with E-state index in [0.29, 0.717) is 36.6 Å². The van der Waals surface area contributed by atoms with Gasteiger partial charge < -0.3 is 20.1 Å². The van der Waals surface area contributed by atoms with Gasteiger partial charge in [-0.2, -0.15) is 5.10 Å². The van der Waals surface area contributed by atoms with Gasteiger partial charge in [0.2, 0.25) is 0 Å². The van der Waals surface area contributed by atoms with E-state index in [1.54, 1.807) is 31.4 Å². The van der Waals surface area contributed by atoms with Gasteiger partial charge in [-0.05, 0) is 37.3 Å². The van der Waals surface area contributed by atoms with Gasteiger partial charge in [0.05, 0.1) is 23.3 Å². The Morgan fingerprint density at radius 1 is 1.36 bits per heavy atom. The maximum atomic E-state index is 13.4. The number of nitrogens with one attached hydrogen (secondary N) is 2. The highest BCUT2D eigenvalue weighted by Crippen LogP contribution is 2.28. The van der Waals surface area contributed by atoms with Crippen molar-refractivity contribution >= 4 is 16.9 Å². The summed E-state index contributed by atoms with van der Waals surface area (Å²) in [6, 6.07) is 8.68. The molecule has 4 rings (SSSR count). The molecule has 1 aliphatic rings. The number of methoxy groups -OCH3 is 1. The van der Waals surface area contributed by atoms with Crippen molar-refractivity contribution in [2.24, 2.45) is 0 Å². The molecule has 1 amide bonds. The summed E-state index contributed by atoms with van der Waals surface area (Å²) in [5.41, 5.74) is 3.36. The molecule has 3 aromatic rings. The lowest BCUT2D eigenvalue weighted by Gasteiger charge is -2.33. The van der Waals surface area contributed by atoms with Gasteiger partial charge in [0.15, 0.2) is 5.65 Å². The summed E-state index contributed by atoms with van der Waals surface area (Å²) < 4.78 is 5.23. The minimum absolute atomic E-state index is 0.0421. The van der Waals surface area contributed by atoms with Crippen LogP contribution in [0.5, 0.6) is 5.75 Å². The molecule has 0 saturated carbocycles. The average molecular weight is 381 g/mol. The number of benzene rings is 1. The van der Waals surface area contributed by atoms with Crippen molar-refractivity contribution in [2.75, 3.05) is 33.4 Å². The van der Waals surface area contributed by atoms with Crippen molar-refractivity contribution in [3.63, 3.8) is 0 Å².